The summed E-state index contributed by atoms with van der Waals surface area (Å²) in [7, 11) is 1.72. The molecular weight excluding hydrogens is 397 g/mol. The van der Waals surface area contributed by atoms with Crippen LogP contribution in [0.5, 0.6) is 5.75 Å². The monoisotopic (exact) mass is 429 g/mol. The topological polar surface area (TPSA) is 53.6 Å². The quantitative estimate of drug-likeness (QED) is 0.767. The van der Waals surface area contributed by atoms with Crippen LogP contribution in [0.2, 0.25) is 0 Å². The van der Waals surface area contributed by atoms with E-state index in [1.165, 1.54) is 25.7 Å². The Morgan fingerprint density at radius 1 is 1.11 bits per heavy atom. The molecule has 1 saturated carbocycles. The summed E-state index contributed by atoms with van der Waals surface area (Å²) in [6.07, 6.45) is 8.18. The number of rotatable bonds is 4. The average molecular weight is 430 g/mol. The first-order chi connectivity index (χ1) is 12.7. The summed E-state index contributed by atoms with van der Waals surface area (Å²) in [4.78, 5) is 15.1. The van der Waals surface area contributed by atoms with E-state index in [2.05, 4.69) is 27.7 Å². The summed E-state index contributed by atoms with van der Waals surface area (Å²) in [5.74, 6) is 1.86. The van der Waals surface area contributed by atoms with Crippen molar-refractivity contribution in [3.63, 3.8) is 0 Å². The minimum Gasteiger partial charge on any atom is -0.495 e. The number of piperidine rings is 1. The number of nitrogens with one attached hydrogen (secondary N) is 2. The molecule has 1 aromatic rings. The standard InChI is InChI=1S/C21H31N3O2.2ClH/c1-26-20-9-5-4-8-19(20)24-12-10-16(11-13-24)22-21(25)18-14-15-6-2-3-7-17(15)23-18;;/h4-5,8-9,15-18,23H,2-3,6-7,10-14H2,1H3,(H,22,25);2*1H. The van der Waals surface area contributed by atoms with Crippen molar-refractivity contribution in [1.29, 1.82) is 0 Å². The number of carbonyl (C=O) groups is 1. The molecule has 158 valence electrons. The zero-order chi connectivity index (χ0) is 17.9. The summed E-state index contributed by atoms with van der Waals surface area (Å²) >= 11 is 0. The van der Waals surface area contributed by atoms with Gasteiger partial charge in [-0.05, 0) is 50.2 Å². The third-order valence-electron chi connectivity index (χ3n) is 6.45. The Morgan fingerprint density at radius 3 is 2.54 bits per heavy atom. The molecule has 5 nitrogen and oxygen atoms in total. The van der Waals surface area contributed by atoms with E-state index in [0.717, 1.165) is 43.8 Å². The number of para-hydroxylation sites is 2. The lowest BCUT2D eigenvalue weighted by Crippen LogP contribution is -2.50. The summed E-state index contributed by atoms with van der Waals surface area (Å²) in [6.45, 7) is 1.91. The van der Waals surface area contributed by atoms with Crippen LogP contribution in [0.3, 0.4) is 0 Å². The van der Waals surface area contributed by atoms with Crippen molar-refractivity contribution in [2.75, 3.05) is 25.1 Å². The molecule has 3 fully saturated rings. The maximum atomic E-state index is 12.7. The number of hydrogen-bond acceptors (Lipinski definition) is 4. The molecule has 2 N–H and O–H groups in total. The Hall–Kier alpha value is -1.17. The van der Waals surface area contributed by atoms with Gasteiger partial charge in [0.2, 0.25) is 5.91 Å². The van der Waals surface area contributed by atoms with E-state index in [-0.39, 0.29) is 42.8 Å². The van der Waals surface area contributed by atoms with E-state index >= 15 is 0 Å². The van der Waals surface area contributed by atoms with Crippen LogP contribution in [0.15, 0.2) is 24.3 Å². The Balaban J connectivity index is 0.00000140. The normalized spacial score (nSPS) is 27.2. The number of anilines is 1. The van der Waals surface area contributed by atoms with E-state index in [4.69, 9.17) is 4.74 Å². The van der Waals surface area contributed by atoms with Crippen molar-refractivity contribution >= 4 is 36.4 Å². The van der Waals surface area contributed by atoms with E-state index in [1.54, 1.807) is 7.11 Å². The van der Waals surface area contributed by atoms with Crippen molar-refractivity contribution < 1.29 is 9.53 Å². The molecule has 0 aromatic heterocycles. The van der Waals surface area contributed by atoms with E-state index in [1.807, 2.05) is 12.1 Å². The summed E-state index contributed by atoms with van der Waals surface area (Å²) in [6, 6.07) is 9.06. The number of halogens is 2. The third-order valence-corrected chi connectivity index (χ3v) is 6.45. The number of amides is 1. The third kappa shape index (κ3) is 5.05. The molecule has 1 amide bonds. The van der Waals surface area contributed by atoms with Gasteiger partial charge in [-0.3, -0.25) is 4.79 Å². The molecule has 4 rings (SSSR count). The fraction of sp³-hybridized carbons (Fsp3) is 0.667. The highest BCUT2D eigenvalue weighted by Gasteiger charge is 2.38. The second-order valence-electron chi connectivity index (χ2n) is 8.05. The number of ether oxygens (including phenoxy) is 1. The lowest BCUT2D eigenvalue weighted by molar-refractivity contribution is -0.123. The molecule has 2 heterocycles. The number of benzene rings is 1. The predicted molar refractivity (Wildman–Crippen MR) is 118 cm³/mol. The van der Waals surface area contributed by atoms with Crippen LogP contribution in [0.1, 0.15) is 44.9 Å². The van der Waals surface area contributed by atoms with Crippen LogP contribution >= 0.6 is 24.8 Å². The number of hydrogen-bond donors (Lipinski definition) is 2. The molecule has 3 aliphatic rings. The lowest BCUT2D eigenvalue weighted by atomic mass is 9.85. The fourth-order valence-corrected chi connectivity index (χ4v) is 4.98. The Bertz CT molecular complexity index is 624. The SMILES string of the molecule is COc1ccccc1N1CCC(NC(=O)C2CC3CCCCC3N2)CC1.Cl.Cl. The zero-order valence-electron chi connectivity index (χ0n) is 16.6. The van der Waals surface area contributed by atoms with E-state index < -0.39 is 0 Å². The Kier molecular flexibility index (Phi) is 8.72. The van der Waals surface area contributed by atoms with Gasteiger partial charge >= 0.3 is 0 Å². The van der Waals surface area contributed by atoms with Crippen LogP contribution in [-0.2, 0) is 4.79 Å². The second kappa shape index (κ2) is 10.6. The average Bonchev–Trinajstić information content (AvgIpc) is 3.13. The molecule has 1 aromatic carbocycles. The number of nitrogens with zero attached hydrogens (tertiary/aromatic N) is 1. The molecule has 2 saturated heterocycles. The first-order valence-electron chi connectivity index (χ1n) is 10.2. The molecular formula is C21H33Cl2N3O2. The van der Waals surface area contributed by atoms with Gasteiger partial charge in [0.25, 0.3) is 0 Å². The van der Waals surface area contributed by atoms with E-state index in [9.17, 15) is 4.79 Å². The fourth-order valence-electron chi connectivity index (χ4n) is 4.98. The van der Waals surface area contributed by atoms with Crippen LogP contribution in [0.25, 0.3) is 0 Å². The maximum absolute atomic E-state index is 12.7. The second-order valence-corrected chi connectivity index (χ2v) is 8.05. The van der Waals surface area contributed by atoms with Crippen molar-refractivity contribution in [2.24, 2.45) is 5.92 Å². The van der Waals surface area contributed by atoms with Gasteiger partial charge < -0.3 is 20.3 Å². The lowest BCUT2D eigenvalue weighted by Gasteiger charge is -2.35. The van der Waals surface area contributed by atoms with Gasteiger partial charge in [-0.1, -0.05) is 25.0 Å². The van der Waals surface area contributed by atoms with E-state index in [0.29, 0.717) is 12.0 Å². The molecule has 2 aliphatic heterocycles. The first kappa shape index (κ1) is 23.1. The Morgan fingerprint density at radius 2 is 1.82 bits per heavy atom. The van der Waals surface area contributed by atoms with Crippen LogP contribution < -0.4 is 20.3 Å². The highest BCUT2D eigenvalue weighted by atomic mass is 35.5. The van der Waals surface area contributed by atoms with Crippen LogP contribution in [-0.4, -0.2) is 44.2 Å². The molecule has 7 heteroatoms. The summed E-state index contributed by atoms with van der Waals surface area (Å²) < 4.78 is 5.48. The smallest absolute Gasteiger partial charge is 0.237 e. The van der Waals surface area contributed by atoms with Crippen LogP contribution in [0.4, 0.5) is 5.69 Å². The number of fused-ring (bicyclic) bond motifs is 1. The van der Waals surface area contributed by atoms with Crippen molar-refractivity contribution in [2.45, 2.75) is 63.1 Å². The van der Waals surface area contributed by atoms with Crippen molar-refractivity contribution in [3.8, 4) is 5.75 Å². The van der Waals surface area contributed by atoms with Gasteiger partial charge in [-0.25, -0.2) is 0 Å². The highest BCUT2D eigenvalue weighted by molar-refractivity contribution is 5.85. The van der Waals surface area contributed by atoms with Gasteiger partial charge in [0.05, 0.1) is 18.8 Å². The zero-order valence-corrected chi connectivity index (χ0v) is 18.2. The van der Waals surface area contributed by atoms with Gasteiger partial charge in [0.15, 0.2) is 0 Å². The van der Waals surface area contributed by atoms with Crippen molar-refractivity contribution in [3.05, 3.63) is 24.3 Å². The minimum atomic E-state index is 0. The largest absolute Gasteiger partial charge is 0.495 e. The van der Waals surface area contributed by atoms with Crippen LogP contribution in [0, 0.1) is 5.92 Å². The number of methoxy groups -OCH3 is 1. The molecule has 0 radical (unpaired) electrons. The Labute approximate surface area is 180 Å². The number of carbonyl (C=O) groups excluding carboxylic acids is 1. The van der Waals surface area contributed by atoms with Gasteiger partial charge in [0.1, 0.15) is 5.75 Å². The highest BCUT2D eigenvalue weighted by Crippen LogP contribution is 2.33. The van der Waals surface area contributed by atoms with Gasteiger partial charge in [-0.2, -0.15) is 0 Å². The van der Waals surface area contributed by atoms with Crippen molar-refractivity contribution in [1.82, 2.24) is 10.6 Å². The minimum absolute atomic E-state index is 0. The summed E-state index contributed by atoms with van der Waals surface area (Å²) in [5.41, 5.74) is 1.15. The molecule has 3 unspecified atom stereocenters. The molecule has 0 spiro atoms. The van der Waals surface area contributed by atoms with Gasteiger partial charge in [0, 0.05) is 25.2 Å². The predicted octanol–water partition coefficient (Wildman–Crippen LogP) is 3.54. The molecule has 0 bridgehead atoms. The molecule has 1 aliphatic carbocycles. The van der Waals surface area contributed by atoms with Gasteiger partial charge in [-0.15, -0.1) is 24.8 Å². The molecule has 3 atom stereocenters. The first-order valence-corrected chi connectivity index (χ1v) is 10.2. The molecule has 28 heavy (non-hydrogen) atoms. The maximum Gasteiger partial charge on any atom is 0.237 e. The summed E-state index contributed by atoms with van der Waals surface area (Å²) in [5, 5.41) is 6.90.